The molecule has 69 heavy (non-hydrogen) atoms. The first-order valence-electron chi connectivity index (χ1n) is 23.6. The van der Waals surface area contributed by atoms with Gasteiger partial charge in [0.25, 0.3) is 5.91 Å². The van der Waals surface area contributed by atoms with Gasteiger partial charge >= 0.3 is 11.9 Å². The summed E-state index contributed by atoms with van der Waals surface area (Å²) in [7, 11) is 5.83. The molecule has 378 valence electrons. The van der Waals surface area contributed by atoms with Gasteiger partial charge in [0.15, 0.2) is 5.78 Å². The van der Waals surface area contributed by atoms with Crippen molar-refractivity contribution in [1.29, 1.82) is 0 Å². The second-order valence-corrected chi connectivity index (χ2v) is 17.9. The van der Waals surface area contributed by atoms with Crippen LogP contribution in [0.15, 0.2) is 42.6 Å². The lowest BCUT2D eigenvalue weighted by molar-refractivity contribution is -0.160. The van der Waals surface area contributed by atoms with Crippen molar-refractivity contribution < 1.29 is 52.6 Å². The first kappa shape index (κ1) is 55.2. The molecule has 2 heterocycles. The quantitative estimate of drug-likeness (QED) is 0.122. The molecule has 6 unspecified atom stereocenters. The summed E-state index contributed by atoms with van der Waals surface area (Å²) in [4.78, 5) is 136. The van der Waals surface area contributed by atoms with Crippen LogP contribution in [0.25, 0.3) is 11.0 Å². The summed E-state index contributed by atoms with van der Waals surface area (Å²) in [6.07, 6.45) is 8.43. The Morgan fingerprint density at radius 2 is 1.59 bits per heavy atom. The average molecular weight is 963 g/mol. The highest BCUT2D eigenvalue weighted by Gasteiger charge is 2.42. The van der Waals surface area contributed by atoms with Crippen LogP contribution in [0.2, 0.25) is 0 Å². The Morgan fingerprint density at radius 1 is 0.957 bits per heavy atom. The summed E-state index contributed by atoms with van der Waals surface area (Å²) in [6.45, 7) is 6.85. The fourth-order valence-electron chi connectivity index (χ4n) is 8.84. The number of ketones is 1. The highest BCUT2D eigenvalue weighted by atomic mass is 16.5. The Kier molecular flexibility index (Phi) is 20.7. The van der Waals surface area contributed by atoms with Crippen LogP contribution in [0, 0.1) is 11.8 Å². The molecule has 2 aliphatic rings. The maximum atomic E-state index is 14.7. The molecule has 21 nitrogen and oxygen atoms in total. The van der Waals surface area contributed by atoms with Crippen molar-refractivity contribution in [3.05, 3.63) is 48.3 Å². The van der Waals surface area contributed by atoms with E-state index in [1.165, 1.54) is 57.9 Å². The number of hydrogen-bond donors (Lipinski definition) is 5. The van der Waals surface area contributed by atoms with E-state index in [2.05, 4.69) is 31.2 Å². The zero-order valence-corrected chi connectivity index (χ0v) is 41.2. The van der Waals surface area contributed by atoms with Gasteiger partial charge in [-0.1, -0.05) is 63.8 Å². The predicted molar refractivity (Wildman–Crippen MR) is 254 cm³/mol. The number of fused-ring (bicyclic) bond motifs is 1. The minimum Gasteiger partial charge on any atom is -0.462 e. The fraction of sp³-hybridized carbons (Fsp3) is 0.604. The molecule has 0 bridgehead atoms. The van der Waals surface area contributed by atoms with Crippen LogP contribution >= 0.6 is 0 Å². The van der Waals surface area contributed by atoms with E-state index in [-0.39, 0.29) is 36.2 Å². The molecular formula is C48H70N10O11. The smallest absolute Gasteiger partial charge is 0.329 e. The van der Waals surface area contributed by atoms with Crippen LogP contribution in [-0.4, -0.2) is 168 Å². The summed E-state index contributed by atoms with van der Waals surface area (Å²) in [5, 5.41) is 10.7. The zero-order chi connectivity index (χ0) is 51.1. The number of ether oxygens (including phenoxy) is 2. The van der Waals surface area contributed by atoms with Crippen LogP contribution in [0.5, 0.6) is 0 Å². The molecule has 8 atom stereocenters. The lowest BCUT2D eigenvalue weighted by Gasteiger charge is -2.37. The maximum absolute atomic E-state index is 14.7. The molecule has 0 radical (unpaired) electrons. The van der Waals surface area contributed by atoms with Gasteiger partial charge < -0.3 is 51.2 Å². The predicted octanol–water partition coefficient (Wildman–Crippen LogP) is 0.786. The van der Waals surface area contributed by atoms with Gasteiger partial charge in [0.2, 0.25) is 29.5 Å². The SMILES string of the molecule is CCC(CC)C(NC)C(=O)OCC(NC(=O)c1cnc2ccccc2n1)C(=O)NC(C)C(=O)N(C)[C@H]1C/C=C\C[C@@H](C(C)=O)N(C)C(=O)C(C)NC(=O)C(N)COC(=O)C(C2CCCC2)N(C)C1=O. The van der Waals surface area contributed by atoms with Gasteiger partial charge in [-0.2, -0.15) is 0 Å². The molecule has 0 spiro atoms. The van der Waals surface area contributed by atoms with E-state index >= 15 is 0 Å². The minimum atomic E-state index is -1.53. The van der Waals surface area contributed by atoms with Gasteiger partial charge in [0.05, 0.1) is 23.3 Å². The second kappa shape index (κ2) is 25.9. The van der Waals surface area contributed by atoms with Crippen molar-refractivity contribution >= 4 is 64.2 Å². The van der Waals surface area contributed by atoms with Crippen LogP contribution in [-0.2, 0) is 47.8 Å². The third kappa shape index (κ3) is 14.3. The lowest BCUT2D eigenvalue weighted by Crippen LogP contribution is -2.59. The van der Waals surface area contributed by atoms with E-state index in [1.54, 1.807) is 43.5 Å². The van der Waals surface area contributed by atoms with E-state index < -0.39 is 109 Å². The zero-order valence-electron chi connectivity index (χ0n) is 41.2. The van der Waals surface area contributed by atoms with Crippen LogP contribution < -0.4 is 27.0 Å². The van der Waals surface area contributed by atoms with E-state index in [0.29, 0.717) is 36.7 Å². The number of esters is 2. The molecule has 21 heteroatoms. The molecule has 0 saturated heterocycles. The Labute approximate surface area is 403 Å². The van der Waals surface area contributed by atoms with Crippen molar-refractivity contribution in [2.45, 2.75) is 134 Å². The molecule has 1 aromatic carbocycles. The van der Waals surface area contributed by atoms with Crippen LogP contribution in [0.3, 0.4) is 0 Å². The molecule has 1 fully saturated rings. The van der Waals surface area contributed by atoms with Gasteiger partial charge in [0.1, 0.15) is 61.2 Å². The van der Waals surface area contributed by atoms with E-state index in [0.717, 1.165) is 17.7 Å². The van der Waals surface area contributed by atoms with Gasteiger partial charge in [-0.05, 0) is 77.5 Å². The number of cyclic esters (lactones) is 1. The molecule has 1 saturated carbocycles. The number of carbonyl (C=O) groups excluding carboxylic acids is 9. The summed E-state index contributed by atoms with van der Waals surface area (Å²) in [6, 6.07) is -2.51. The standard InChI is InChI=1S/C48H70N10O11/c1-10-30(11-2)39(50-6)47(66)69-26-36(55-42(61)35-24-51-33-20-14-15-21-34(33)54-35)43(62)53-28(4)45(64)57(8)38-23-17-16-22-37(29(5)59)56(7)44(63)27(3)52-41(60)32(49)25-68-48(67)40(58(9)46(38)65)31-18-12-13-19-31/h14-17,20-21,24,27-28,30-32,36-40,50H,10-13,18-19,22-23,25-26,49H2,1-9H3,(H,52,60)(H,53,62)(H,55,61)/b17-16-/t27?,28?,32?,36?,37-,38-,39?,40?/m0/s1. The van der Waals surface area contributed by atoms with Gasteiger partial charge in [-0.3, -0.25) is 43.3 Å². The minimum absolute atomic E-state index is 0.0186. The largest absolute Gasteiger partial charge is 0.462 e. The third-order valence-corrected chi connectivity index (χ3v) is 13.1. The average Bonchev–Trinajstić information content (AvgIpc) is 3.87. The lowest BCUT2D eigenvalue weighted by atomic mass is 9.94. The highest BCUT2D eigenvalue weighted by molar-refractivity contribution is 5.99. The number of hydrogen-bond acceptors (Lipinski definition) is 15. The van der Waals surface area contributed by atoms with Crippen molar-refractivity contribution in [3.63, 3.8) is 0 Å². The molecule has 1 aliphatic carbocycles. The number of nitrogens with zero attached hydrogens (tertiary/aromatic N) is 5. The maximum Gasteiger partial charge on any atom is 0.329 e. The Hall–Kier alpha value is -6.35. The first-order chi connectivity index (χ1) is 32.7. The molecule has 6 N–H and O–H groups in total. The number of amides is 6. The molecule has 2 aromatic rings. The normalized spacial score (nSPS) is 23.2. The number of rotatable bonds is 15. The van der Waals surface area contributed by atoms with Gasteiger partial charge in [-0.25, -0.2) is 9.78 Å². The first-order valence-corrected chi connectivity index (χ1v) is 23.6. The van der Waals surface area contributed by atoms with Crippen LogP contribution in [0.1, 0.15) is 96.5 Å². The number of aromatic nitrogens is 2. The van der Waals surface area contributed by atoms with Crippen molar-refractivity contribution in [2.24, 2.45) is 17.6 Å². The molecule has 1 aliphatic heterocycles. The van der Waals surface area contributed by atoms with E-state index in [1.807, 2.05) is 13.8 Å². The molecule has 4 rings (SSSR count). The molecule has 6 amide bonds. The number of nitrogens with one attached hydrogen (secondary N) is 4. The fourth-order valence-corrected chi connectivity index (χ4v) is 8.84. The van der Waals surface area contributed by atoms with Crippen LogP contribution in [0.4, 0.5) is 0 Å². The number of Topliss-reactive ketones (excluding diaryl/α,β-unsaturated/α-hetero) is 1. The third-order valence-electron chi connectivity index (χ3n) is 13.1. The monoisotopic (exact) mass is 963 g/mol. The number of likely N-dealkylation sites (N-methyl/N-ethyl adjacent to an activating group) is 4. The summed E-state index contributed by atoms with van der Waals surface area (Å²) >= 11 is 0. The second-order valence-electron chi connectivity index (χ2n) is 17.9. The van der Waals surface area contributed by atoms with Crippen molar-refractivity contribution in [3.8, 4) is 0 Å². The topological polar surface area (TPSA) is 282 Å². The van der Waals surface area contributed by atoms with Crippen molar-refractivity contribution in [1.82, 2.24) is 45.9 Å². The number of para-hydroxylation sites is 2. The number of benzene rings is 1. The van der Waals surface area contributed by atoms with Gasteiger partial charge in [0, 0.05) is 21.1 Å². The number of carbonyl (C=O) groups is 9. The highest BCUT2D eigenvalue weighted by Crippen LogP contribution is 2.31. The molecular weight excluding hydrogens is 893 g/mol. The Morgan fingerprint density at radius 3 is 2.22 bits per heavy atom. The van der Waals surface area contributed by atoms with Crippen molar-refractivity contribution in [2.75, 3.05) is 41.4 Å². The Balaban J connectivity index is 1.65. The number of nitrogens with two attached hydrogens (primary N) is 1. The van der Waals surface area contributed by atoms with Gasteiger partial charge in [-0.15, -0.1) is 0 Å². The van der Waals surface area contributed by atoms with E-state index in [4.69, 9.17) is 15.2 Å². The summed E-state index contributed by atoms with van der Waals surface area (Å²) in [5.74, 6) is -6.64. The summed E-state index contributed by atoms with van der Waals surface area (Å²) < 4.78 is 11.2. The molecule has 1 aromatic heterocycles. The Bertz CT molecular complexity index is 2210. The van der Waals surface area contributed by atoms with E-state index in [9.17, 15) is 43.2 Å². The summed E-state index contributed by atoms with van der Waals surface area (Å²) in [5.41, 5.74) is 6.94.